The van der Waals surface area contributed by atoms with Crippen LogP contribution >= 0.6 is 11.3 Å². The Bertz CT molecular complexity index is 3060. The van der Waals surface area contributed by atoms with Gasteiger partial charge in [0.05, 0.1) is 0 Å². The summed E-state index contributed by atoms with van der Waals surface area (Å²) in [6, 6.07) is 57.7. The molecule has 9 aromatic carbocycles. The Balaban J connectivity index is 1.14. The normalized spacial score (nSPS) is 12.2. The van der Waals surface area contributed by atoms with E-state index in [9.17, 15) is 0 Å². The van der Waals surface area contributed by atoms with Gasteiger partial charge in [0.1, 0.15) is 11.2 Å². The molecule has 0 fully saturated rings. The van der Waals surface area contributed by atoms with E-state index >= 15 is 0 Å². The summed E-state index contributed by atoms with van der Waals surface area (Å²) in [5.74, 6) is 0. The fourth-order valence-electron chi connectivity index (χ4n) is 8.02. The van der Waals surface area contributed by atoms with E-state index in [2.05, 4.69) is 158 Å². The third-order valence-electron chi connectivity index (χ3n) is 10.2. The average Bonchev–Trinajstić information content (AvgIpc) is 3.69. The second kappa shape index (κ2) is 9.78. The summed E-state index contributed by atoms with van der Waals surface area (Å²) in [7, 11) is 0. The lowest BCUT2D eigenvalue weighted by atomic mass is 9.85. The molecule has 222 valence electrons. The number of hydrogen-bond donors (Lipinski definition) is 0. The number of hydrogen-bond acceptors (Lipinski definition) is 2. The van der Waals surface area contributed by atoms with Gasteiger partial charge in [-0.05, 0) is 95.7 Å². The van der Waals surface area contributed by atoms with Crippen molar-refractivity contribution in [3.63, 3.8) is 0 Å². The van der Waals surface area contributed by atoms with Crippen LogP contribution < -0.4 is 0 Å². The molecular formula is C46H26OS. The molecule has 0 unspecified atom stereocenters. The molecule has 0 N–H and O–H groups in total. The van der Waals surface area contributed by atoms with Crippen molar-refractivity contribution < 1.29 is 4.42 Å². The van der Waals surface area contributed by atoms with Gasteiger partial charge in [-0.2, -0.15) is 0 Å². The molecule has 11 aromatic rings. The van der Waals surface area contributed by atoms with Crippen molar-refractivity contribution in [2.24, 2.45) is 0 Å². The molecule has 48 heavy (non-hydrogen) atoms. The van der Waals surface area contributed by atoms with E-state index in [-0.39, 0.29) is 0 Å². The molecule has 2 heteroatoms. The van der Waals surface area contributed by atoms with E-state index in [1.165, 1.54) is 85.3 Å². The highest BCUT2D eigenvalue weighted by atomic mass is 32.1. The summed E-state index contributed by atoms with van der Waals surface area (Å²) in [6.45, 7) is 0. The van der Waals surface area contributed by atoms with Crippen LogP contribution in [0.2, 0.25) is 0 Å². The minimum Gasteiger partial charge on any atom is -0.456 e. The lowest BCUT2D eigenvalue weighted by Crippen LogP contribution is -1.90. The quantitative estimate of drug-likeness (QED) is 0.174. The lowest BCUT2D eigenvalue weighted by molar-refractivity contribution is 0.669. The zero-order valence-electron chi connectivity index (χ0n) is 25.8. The third kappa shape index (κ3) is 3.66. The Morgan fingerprint density at radius 3 is 1.60 bits per heavy atom. The van der Waals surface area contributed by atoms with Crippen molar-refractivity contribution in [3.05, 3.63) is 158 Å². The van der Waals surface area contributed by atoms with Gasteiger partial charge in [-0.1, -0.05) is 127 Å². The summed E-state index contributed by atoms with van der Waals surface area (Å²) in [4.78, 5) is 0. The molecule has 2 heterocycles. The predicted molar refractivity (Wildman–Crippen MR) is 208 cm³/mol. The van der Waals surface area contributed by atoms with Crippen LogP contribution in [0.5, 0.6) is 0 Å². The zero-order valence-corrected chi connectivity index (χ0v) is 26.6. The Labute approximate surface area is 279 Å². The summed E-state index contributed by atoms with van der Waals surface area (Å²) >= 11 is 1.88. The lowest BCUT2D eigenvalue weighted by Gasteiger charge is -2.18. The van der Waals surface area contributed by atoms with Crippen molar-refractivity contribution in [1.82, 2.24) is 0 Å². The van der Waals surface area contributed by atoms with Gasteiger partial charge < -0.3 is 4.42 Å². The first-order chi connectivity index (χ1) is 23.8. The first-order valence-corrected chi connectivity index (χ1v) is 17.2. The molecule has 2 aromatic heterocycles. The molecule has 0 amide bonds. The maximum Gasteiger partial charge on any atom is 0.136 e. The van der Waals surface area contributed by atoms with E-state index in [0.29, 0.717) is 0 Å². The first kappa shape index (κ1) is 26.1. The van der Waals surface area contributed by atoms with Crippen molar-refractivity contribution in [1.29, 1.82) is 0 Å². The van der Waals surface area contributed by atoms with Gasteiger partial charge in [0.15, 0.2) is 0 Å². The Hall–Kier alpha value is -5.96. The molecule has 0 saturated heterocycles. The van der Waals surface area contributed by atoms with Gasteiger partial charge in [0, 0.05) is 30.9 Å². The van der Waals surface area contributed by atoms with Crippen molar-refractivity contribution in [2.75, 3.05) is 0 Å². The van der Waals surface area contributed by atoms with Crippen LogP contribution in [-0.4, -0.2) is 0 Å². The Morgan fingerprint density at radius 2 is 0.875 bits per heavy atom. The molecular weight excluding hydrogens is 601 g/mol. The number of benzene rings is 9. The van der Waals surface area contributed by atoms with E-state index in [0.717, 1.165) is 22.1 Å². The smallest absolute Gasteiger partial charge is 0.136 e. The molecule has 11 rings (SSSR count). The minimum atomic E-state index is 0.918. The number of rotatable bonds is 2. The van der Waals surface area contributed by atoms with Gasteiger partial charge in [0.2, 0.25) is 0 Å². The fourth-order valence-corrected chi connectivity index (χ4v) is 9.28. The maximum atomic E-state index is 6.69. The van der Waals surface area contributed by atoms with E-state index in [1.54, 1.807) is 0 Å². The van der Waals surface area contributed by atoms with Gasteiger partial charge in [-0.25, -0.2) is 0 Å². The Kier molecular flexibility index (Phi) is 5.32. The van der Waals surface area contributed by atoms with Crippen LogP contribution in [0.4, 0.5) is 0 Å². The highest BCUT2D eigenvalue weighted by Gasteiger charge is 2.19. The van der Waals surface area contributed by atoms with Gasteiger partial charge >= 0.3 is 0 Å². The molecule has 0 spiro atoms. The SMILES string of the molecule is c1ccc2cc(-c3c4ccccc4c(-c4ccc5c(c4)oc4cc6c(cc45)sc4c5ccccc5ccc64)c4ccccc34)ccc2c1. The predicted octanol–water partition coefficient (Wildman–Crippen LogP) is 13.9. The van der Waals surface area contributed by atoms with Gasteiger partial charge in [-0.15, -0.1) is 11.3 Å². The minimum absolute atomic E-state index is 0.918. The largest absolute Gasteiger partial charge is 0.456 e. The van der Waals surface area contributed by atoms with E-state index in [1.807, 2.05) is 11.3 Å². The summed E-state index contributed by atoms with van der Waals surface area (Å²) in [5, 5.41) is 15.0. The maximum absolute atomic E-state index is 6.69. The van der Waals surface area contributed by atoms with Crippen molar-refractivity contribution in [3.8, 4) is 22.3 Å². The molecule has 0 aliphatic rings. The second-order valence-corrected chi connectivity index (χ2v) is 13.9. The van der Waals surface area contributed by atoms with Crippen LogP contribution in [0.25, 0.3) is 107 Å². The zero-order chi connectivity index (χ0) is 31.3. The van der Waals surface area contributed by atoms with Crippen LogP contribution in [-0.2, 0) is 0 Å². The first-order valence-electron chi connectivity index (χ1n) is 16.4. The van der Waals surface area contributed by atoms with Crippen molar-refractivity contribution >= 4 is 96.5 Å². The molecule has 0 atom stereocenters. The van der Waals surface area contributed by atoms with Gasteiger partial charge in [0.25, 0.3) is 0 Å². The fraction of sp³-hybridized carbons (Fsp3) is 0. The molecule has 0 aliphatic heterocycles. The van der Waals surface area contributed by atoms with Crippen LogP contribution in [0.1, 0.15) is 0 Å². The number of fused-ring (bicyclic) bond motifs is 11. The highest BCUT2D eigenvalue weighted by Crippen LogP contribution is 2.46. The second-order valence-electron chi connectivity index (χ2n) is 12.8. The Morgan fingerprint density at radius 1 is 0.333 bits per heavy atom. The van der Waals surface area contributed by atoms with Crippen molar-refractivity contribution in [2.45, 2.75) is 0 Å². The average molecular weight is 627 g/mol. The number of furan rings is 1. The standard InChI is InChI=1S/C46H26OS/c1-2-11-29-23-30(18-17-27(29)9-1)44-34-13-5-7-15-36(34)45(37-16-8-6-14-35(37)44)31-20-21-33-39-26-43-40(25-42(39)47-41(33)24-31)38-22-19-28-10-3-4-12-32(28)46(38)48-43/h1-26H. The van der Waals surface area contributed by atoms with E-state index < -0.39 is 0 Å². The summed E-state index contributed by atoms with van der Waals surface area (Å²) in [5.41, 5.74) is 6.77. The highest BCUT2D eigenvalue weighted by molar-refractivity contribution is 7.26. The monoisotopic (exact) mass is 626 g/mol. The third-order valence-corrected chi connectivity index (χ3v) is 11.4. The molecule has 0 aliphatic carbocycles. The summed E-state index contributed by atoms with van der Waals surface area (Å²) in [6.07, 6.45) is 0. The van der Waals surface area contributed by atoms with E-state index in [4.69, 9.17) is 4.42 Å². The van der Waals surface area contributed by atoms with Crippen LogP contribution in [0.15, 0.2) is 162 Å². The van der Waals surface area contributed by atoms with Crippen LogP contribution in [0, 0.1) is 0 Å². The number of thiophene rings is 1. The molecule has 1 nitrogen and oxygen atoms in total. The van der Waals surface area contributed by atoms with Crippen LogP contribution in [0.3, 0.4) is 0 Å². The van der Waals surface area contributed by atoms with Gasteiger partial charge in [-0.3, -0.25) is 0 Å². The molecule has 0 saturated carbocycles. The molecule has 0 radical (unpaired) electrons. The molecule has 0 bridgehead atoms. The topological polar surface area (TPSA) is 13.1 Å². The summed E-state index contributed by atoms with van der Waals surface area (Å²) < 4.78 is 9.33.